The van der Waals surface area contributed by atoms with Gasteiger partial charge in [-0.3, -0.25) is 4.79 Å². The Balaban J connectivity index is 2.69. The molecule has 0 amide bonds. The van der Waals surface area contributed by atoms with Crippen LogP contribution in [0.25, 0.3) is 0 Å². The average Bonchev–Trinajstić information content (AvgIpc) is 2.49. The van der Waals surface area contributed by atoms with Gasteiger partial charge in [-0.2, -0.15) is 0 Å². The van der Waals surface area contributed by atoms with Crippen LogP contribution in [-0.4, -0.2) is 25.4 Å². The van der Waals surface area contributed by atoms with Crippen LogP contribution < -0.4 is 0 Å². The number of aliphatic hydroxyl groups excluding tert-OH is 1. The van der Waals surface area contributed by atoms with Crippen molar-refractivity contribution in [2.24, 2.45) is 7.05 Å². The van der Waals surface area contributed by atoms with Gasteiger partial charge in [0, 0.05) is 19.7 Å². The van der Waals surface area contributed by atoms with Crippen LogP contribution in [0, 0.1) is 0 Å². The molecule has 0 aliphatic heterocycles. The average molecular weight is 271 g/mol. The van der Waals surface area contributed by atoms with E-state index in [0.29, 0.717) is 5.69 Å². The second kappa shape index (κ2) is 4.74. The Hall–Kier alpha value is -0.220. The van der Waals surface area contributed by atoms with Crippen LogP contribution in [0.5, 0.6) is 0 Å². The standard InChI is InChI=1S/C9H10Cl3NO2/c1-13-4-2-3-6(13)7(14)5-8(15)9(10,11)12/h2-4,8,15H,5H2,1H3/t8-/m0/s1. The number of aryl methyl sites for hydroxylation is 1. The maximum absolute atomic E-state index is 11.6. The molecule has 0 fully saturated rings. The Morgan fingerprint density at radius 2 is 2.20 bits per heavy atom. The predicted octanol–water partition coefficient (Wildman–Crippen LogP) is 2.33. The van der Waals surface area contributed by atoms with Crippen molar-refractivity contribution in [1.82, 2.24) is 4.57 Å². The molecule has 0 aromatic carbocycles. The Morgan fingerprint density at radius 1 is 1.60 bits per heavy atom. The summed E-state index contributed by atoms with van der Waals surface area (Å²) in [6.45, 7) is 0. The van der Waals surface area contributed by atoms with Gasteiger partial charge in [-0.25, -0.2) is 0 Å². The second-order valence-corrected chi connectivity index (χ2v) is 5.56. The van der Waals surface area contributed by atoms with Crippen LogP contribution in [0.15, 0.2) is 18.3 Å². The smallest absolute Gasteiger partial charge is 0.216 e. The van der Waals surface area contributed by atoms with Crippen LogP contribution in [0.4, 0.5) is 0 Å². The molecule has 1 heterocycles. The van der Waals surface area contributed by atoms with Crippen LogP contribution in [0.1, 0.15) is 16.9 Å². The number of halogens is 3. The van der Waals surface area contributed by atoms with Gasteiger partial charge in [0.2, 0.25) is 3.79 Å². The van der Waals surface area contributed by atoms with Gasteiger partial charge < -0.3 is 9.67 Å². The zero-order valence-corrected chi connectivity index (χ0v) is 10.2. The highest BCUT2D eigenvalue weighted by Crippen LogP contribution is 2.32. The van der Waals surface area contributed by atoms with Crippen molar-refractivity contribution in [3.05, 3.63) is 24.0 Å². The van der Waals surface area contributed by atoms with E-state index in [0.717, 1.165) is 0 Å². The van der Waals surface area contributed by atoms with Crippen molar-refractivity contribution in [3.63, 3.8) is 0 Å². The van der Waals surface area contributed by atoms with E-state index in [1.807, 2.05) is 0 Å². The summed E-state index contributed by atoms with van der Waals surface area (Å²) in [5.74, 6) is -0.263. The Morgan fingerprint density at radius 3 is 2.60 bits per heavy atom. The number of alkyl halides is 3. The van der Waals surface area contributed by atoms with Crippen molar-refractivity contribution in [3.8, 4) is 0 Å². The summed E-state index contributed by atoms with van der Waals surface area (Å²) in [5, 5.41) is 9.42. The van der Waals surface area contributed by atoms with E-state index in [9.17, 15) is 9.90 Å². The van der Waals surface area contributed by atoms with E-state index in [-0.39, 0.29) is 12.2 Å². The molecule has 0 spiro atoms. The second-order valence-electron chi connectivity index (χ2n) is 3.19. The maximum atomic E-state index is 11.6. The Bertz CT molecular complexity index is 356. The van der Waals surface area contributed by atoms with Crippen molar-refractivity contribution in [2.45, 2.75) is 16.3 Å². The summed E-state index contributed by atoms with van der Waals surface area (Å²) in [7, 11) is 1.73. The minimum Gasteiger partial charge on any atom is -0.388 e. The minimum atomic E-state index is -1.83. The van der Waals surface area contributed by atoms with E-state index in [4.69, 9.17) is 34.8 Å². The number of ketones is 1. The number of rotatable bonds is 3. The fourth-order valence-corrected chi connectivity index (χ4v) is 1.38. The third-order valence-corrected chi connectivity index (χ3v) is 2.74. The third kappa shape index (κ3) is 3.38. The molecule has 1 aromatic rings. The molecule has 1 rings (SSSR count). The lowest BCUT2D eigenvalue weighted by atomic mass is 10.1. The van der Waals surface area contributed by atoms with Gasteiger partial charge >= 0.3 is 0 Å². The number of hydrogen-bond acceptors (Lipinski definition) is 2. The van der Waals surface area contributed by atoms with Gasteiger partial charge in [-0.15, -0.1) is 0 Å². The summed E-state index contributed by atoms with van der Waals surface area (Å²) in [6, 6.07) is 3.38. The number of carbonyl (C=O) groups is 1. The van der Waals surface area contributed by atoms with Crippen molar-refractivity contribution in [1.29, 1.82) is 0 Å². The lowest BCUT2D eigenvalue weighted by molar-refractivity contribution is 0.0877. The molecule has 0 saturated carbocycles. The van der Waals surface area contributed by atoms with E-state index in [1.165, 1.54) is 0 Å². The van der Waals surface area contributed by atoms with Gasteiger partial charge in [0.1, 0.15) is 6.10 Å². The summed E-state index contributed by atoms with van der Waals surface area (Å²) < 4.78 is -0.186. The van der Waals surface area contributed by atoms with Crippen LogP contribution >= 0.6 is 34.8 Å². The molecule has 3 nitrogen and oxygen atoms in total. The van der Waals surface area contributed by atoms with Gasteiger partial charge in [-0.1, -0.05) is 34.8 Å². The first-order valence-corrected chi connectivity index (χ1v) is 5.35. The molecule has 0 unspecified atom stereocenters. The third-order valence-electron chi connectivity index (χ3n) is 1.99. The molecule has 6 heteroatoms. The quantitative estimate of drug-likeness (QED) is 0.676. The van der Waals surface area contributed by atoms with Gasteiger partial charge in [-0.05, 0) is 12.1 Å². The SMILES string of the molecule is Cn1cccc1C(=O)C[C@H](O)C(Cl)(Cl)Cl. The topological polar surface area (TPSA) is 42.2 Å². The fourth-order valence-electron chi connectivity index (χ4n) is 1.15. The Kier molecular flexibility index (Phi) is 4.06. The summed E-state index contributed by atoms with van der Waals surface area (Å²) in [5.41, 5.74) is 0.475. The highest BCUT2D eigenvalue weighted by atomic mass is 35.6. The van der Waals surface area contributed by atoms with Crippen molar-refractivity contribution < 1.29 is 9.90 Å². The molecule has 0 aliphatic carbocycles. The lowest BCUT2D eigenvalue weighted by Gasteiger charge is -2.17. The minimum absolute atomic E-state index is 0.214. The first-order valence-electron chi connectivity index (χ1n) is 4.21. The van der Waals surface area contributed by atoms with E-state index < -0.39 is 9.90 Å². The molecule has 0 aliphatic rings. The van der Waals surface area contributed by atoms with Crippen molar-refractivity contribution in [2.75, 3.05) is 0 Å². The van der Waals surface area contributed by atoms with Gasteiger partial charge in [0.25, 0.3) is 0 Å². The van der Waals surface area contributed by atoms with Crippen LogP contribution in [-0.2, 0) is 7.05 Å². The summed E-state index contributed by atoms with van der Waals surface area (Å²) in [4.78, 5) is 11.6. The van der Waals surface area contributed by atoms with Crippen LogP contribution in [0.2, 0.25) is 0 Å². The first-order chi connectivity index (χ1) is 6.82. The molecule has 84 valence electrons. The summed E-state index contributed by atoms with van der Waals surface area (Å²) in [6.07, 6.45) is 0.216. The molecule has 0 saturated heterocycles. The molecule has 1 atom stereocenters. The molecule has 0 bridgehead atoms. The molecular formula is C9H10Cl3NO2. The lowest BCUT2D eigenvalue weighted by Crippen LogP contribution is -2.28. The van der Waals surface area contributed by atoms with Gasteiger partial charge in [0.05, 0.1) is 5.69 Å². The zero-order valence-electron chi connectivity index (χ0n) is 7.95. The predicted molar refractivity (Wildman–Crippen MR) is 60.7 cm³/mol. The number of aliphatic hydroxyl groups is 1. The van der Waals surface area contributed by atoms with E-state index in [2.05, 4.69) is 0 Å². The molecular weight excluding hydrogens is 260 g/mol. The monoisotopic (exact) mass is 269 g/mol. The van der Waals surface area contributed by atoms with Gasteiger partial charge in [0.15, 0.2) is 5.78 Å². The summed E-state index contributed by atoms with van der Waals surface area (Å²) >= 11 is 16.4. The Labute approximate surface area is 103 Å². The highest BCUT2D eigenvalue weighted by Gasteiger charge is 2.32. The molecule has 1 N–H and O–H groups in total. The zero-order chi connectivity index (χ0) is 11.6. The maximum Gasteiger partial charge on any atom is 0.216 e. The van der Waals surface area contributed by atoms with E-state index in [1.54, 1.807) is 29.9 Å². The highest BCUT2D eigenvalue weighted by molar-refractivity contribution is 6.68. The normalized spacial score (nSPS) is 13.9. The van der Waals surface area contributed by atoms with Crippen LogP contribution in [0.3, 0.4) is 0 Å². The number of hydrogen-bond donors (Lipinski definition) is 1. The number of aromatic nitrogens is 1. The first kappa shape index (κ1) is 12.8. The van der Waals surface area contributed by atoms with E-state index >= 15 is 0 Å². The largest absolute Gasteiger partial charge is 0.388 e. The molecule has 1 aromatic heterocycles. The fraction of sp³-hybridized carbons (Fsp3) is 0.444. The number of Topliss-reactive ketones (excluding diaryl/α,β-unsaturated/α-hetero) is 1. The molecule has 15 heavy (non-hydrogen) atoms. The van der Waals surface area contributed by atoms with Crippen molar-refractivity contribution >= 4 is 40.6 Å². The number of nitrogens with zero attached hydrogens (tertiary/aromatic N) is 1. The number of carbonyl (C=O) groups excluding carboxylic acids is 1. The molecule has 0 radical (unpaired) electrons.